The van der Waals surface area contributed by atoms with Gasteiger partial charge in [0, 0.05) is 6.20 Å². The molecule has 18 heavy (non-hydrogen) atoms. The normalized spacial score (nSPS) is 26.3. The molecule has 0 radical (unpaired) electrons. The second kappa shape index (κ2) is 3.91. The lowest BCUT2D eigenvalue weighted by Crippen LogP contribution is -2.41. The molecule has 3 rings (SSSR count). The van der Waals surface area contributed by atoms with Gasteiger partial charge in [-0.1, -0.05) is 0 Å². The number of nitriles is 1. The van der Waals surface area contributed by atoms with E-state index in [0.29, 0.717) is 12.0 Å². The van der Waals surface area contributed by atoms with E-state index in [4.69, 9.17) is 5.26 Å². The van der Waals surface area contributed by atoms with Crippen LogP contribution in [-0.2, 0) is 0 Å². The van der Waals surface area contributed by atoms with Crippen LogP contribution in [0.4, 0.5) is 0 Å². The van der Waals surface area contributed by atoms with Crippen molar-refractivity contribution in [1.29, 1.82) is 5.26 Å². The fraction of sp³-hybridized carbons (Fsp3) is 0.385. The van der Waals surface area contributed by atoms with Crippen LogP contribution in [0.15, 0.2) is 18.3 Å². The SMILES string of the molecule is N#CC1CCCC1N1C(=O)c2cccnc2C1=O. The van der Waals surface area contributed by atoms with E-state index < -0.39 is 0 Å². The van der Waals surface area contributed by atoms with E-state index in [0.717, 1.165) is 12.8 Å². The van der Waals surface area contributed by atoms with Crippen LogP contribution in [0.5, 0.6) is 0 Å². The molecule has 0 aromatic carbocycles. The highest BCUT2D eigenvalue weighted by Gasteiger charge is 2.45. The monoisotopic (exact) mass is 241 g/mol. The maximum atomic E-state index is 12.2. The summed E-state index contributed by atoms with van der Waals surface area (Å²) in [4.78, 5) is 29.6. The first kappa shape index (κ1) is 10.9. The average molecular weight is 241 g/mol. The second-order valence-corrected chi connectivity index (χ2v) is 4.61. The van der Waals surface area contributed by atoms with Crippen LogP contribution in [0.25, 0.3) is 0 Å². The molecule has 1 aliphatic heterocycles. The van der Waals surface area contributed by atoms with E-state index in [1.54, 1.807) is 12.1 Å². The first-order valence-electron chi connectivity index (χ1n) is 5.96. The van der Waals surface area contributed by atoms with Crippen LogP contribution in [0.3, 0.4) is 0 Å². The van der Waals surface area contributed by atoms with Gasteiger partial charge in [0.25, 0.3) is 11.8 Å². The Morgan fingerprint density at radius 3 is 2.89 bits per heavy atom. The number of rotatable bonds is 1. The van der Waals surface area contributed by atoms with Crippen molar-refractivity contribution in [3.8, 4) is 6.07 Å². The molecule has 0 saturated heterocycles. The van der Waals surface area contributed by atoms with Crippen LogP contribution in [-0.4, -0.2) is 27.7 Å². The lowest BCUT2D eigenvalue weighted by Gasteiger charge is -2.23. The molecule has 2 amide bonds. The summed E-state index contributed by atoms with van der Waals surface area (Å²) in [5.74, 6) is -0.912. The van der Waals surface area contributed by atoms with Gasteiger partial charge in [0.1, 0.15) is 5.69 Å². The van der Waals surface area contributed by atoms with Gasteiger partial charge in [-0.05, 0) is 31.4 Å². The van der Waals surface area contributed by atoms with Gasteiger partial charge < -0.3 is 0 Å². The minimum Gasteiger partial charge on any atom is -0.268 e. The number of amides is 2. The molecule has 0 N–H and O–H groups in total. The van der Waals surface area contributed by atoms with Gasteiger partial charge in [-0.3, -0.25) is 19.5 Å². The number of imide groups is 1. The van der Waals surface area contributed by atoms with Crippen molar-refractivity contribution in [1.82, 2.24) is 9.88 Å². The largest absolute Gasteiger partial charge is 0.280 e. The van der Waals surface area contributed by atoms with Crippen LogP contribution >= 0.6 is 0 Å². The third-order valence-electron chi connectivity index (χ3n) is 3.66. The number of fused-ring (bicyclic) bond motifs is 1. The lowest BCUT2D eigenvalue weighted by atomic mass is 10.0. The van der Waals surface area contributed by atoms with Crippen molar-refractivity contribution in [2.45, 2.75) is 25.3 Å². The van der Waals surface area contributed by atoms with E-state index in [9.17, 15) is 9.59 Å². The van der Waals surface area contributed by atoms with Crippen LogP contribution in [0, 0.1) is 17.2 Å². The Labute approximate surface area is 104 Å². The zero-order valence-electron chi connectivity index (χ0n) is 9.67. The fourth-order valence-electron chi connectivity index (χ4n) is 2.79. The molecule has 2 unspecified atom stereocenters. The summed E-state index contributed by atoms with van der Waals surface area (Å²) in [6, 6.07) is 5.16. The first-order chi connectivity index (χ1) is 8.74. The minimum absolute atomic E-state index is 0.214. The summed E-state index contributed by atoms with van der Waals surface area (Å²) >= 11 is 0. The molecule has 5 nitrogen and oxygen atoms in total. The Balaban J connectivity index is 2.00. The van der Waals surface area contributed by atoms with E-state index >= 15 is 0 Å². The van der Waals surface area contributed by atoms with Crippen molar-refractivity contribution in [2.24, 2.45) is 5.92 Å². The number of hydrogen-bond acceptors (Lipinski definition) is 4. The van der Waals surface area contributed by atoms with Crippen molar-refractivity contribution < 1.29 is 9.59 Å². The summed E-state index contributed by atoms with van der Waals surface area (Å²) in [7, 11) is 0. The van der Waals surface area contributed by atoms with Gasteiger partial charge in [0.05, 0.1) is 23.6 Å². The predicted octanol–water partition coefficient (Wildman–Crippen LogP) is 1.37. The Kier molecular flexibility index (Phi) is 2.37. The van der Waals surface area contributed by atoms with E-state index in [2.05, 4.69) is 11.1 Å². The first-order valence-corrected chi connectivity index (χ1v) is 5.96. The summed E-state index contributed by atoms with van der Waals surface area (Å²) in [6.07, 6.45) is 3.85. The van der Waals surface area contributed by atoms with Gasteiger partial charge in [-0.2, -0.15) is 5.26 Å². The standard InChI is InChI=1S/C13H11N3O2/c14-7-8-3-1-5-10(8)16-12(17)9-4-2-6-15-11(9)13(16)18/h2,4,6,8,10H,1,3,5H2. The third kappa shape index (κ3) is 1.35. The molecule has 5 heteroatoms. The molecule has 2 aliphatic rings. The fourth-order valence-corrected chi connectivity index (χ4v) is 2.79. The summed E-state index contributed by atoms with van der Waals surface area (Å²) < 4.78 is 0. The summed E-state index contributed by atoms with van der Waals surface area (Å²) in [6.45, 7) is 0. The van der Waals surface area contributed by atoms with Crippen LogP contribution < -0.4 is 0 Å². The van der Waals surface area contributed by atoms with E-state index in [1.807, 2.05) is 0 Å². The highest BCUT2D eigenvalue weighted by atomic mass is 16.2. The van der Waals surface area contributed by atoms with Gasteiger partial charge in [-0.15, -0.1) is 0 Å². The molecule has 2 heterocycles. The van der Waals surface area contributed by atoms with Gasteiger partial charge in [0.15, 0.2) is 0 Å². The van der Waals surface area contributed by atoms with Crippen LogP contribution in [0.1, 0.15) is 40.1 Å². The number of nitrogens with zero attached hydrogens (tertiary/aromatic N) is 3. The Morgan fingerprint density at radius 2 is 2.17 bits per heavy atom. The number of pyridine rings is 1. The van der Waals surface area contributed by atoms with E-state index in [-0.39, 0.29) is 29.5 Å². The quantitative estimate of drug-likeness (QED) is 0.696. The zero-order chi connectivity index (χ0) is 12.7. The number of aromatic nitrogens is 1. The second-order valence-electron chi connectivity index (χ2n) is 4.61. The molecule has 1 aromatic rings. The van der Waals surface area contributed by atoms with Crippen molar-refractivity contribution in [3.63, 3.8) is 0 Å². The topological polar surface area (TPSA) is 74.1 Å². The number of carbonyl (C=O) groups excluding carboxylic acids is 2. The average Bonchev–Trinajstić information content (AvgIpc) is 2.95. The molecule has 0 bridgehead atoms. The highest BCUT2D eigenvalue weighted by Crippen LogP contribution is 2.34. The molecule has 2 atom stereocenters. The van der Waals surface area contributed by atoms with Crippen molar-refractivity contribution in [3.05, 3.63) is 29.6 Å². The van der Waals surface area contributed by atoms with Gasteiger partial charge in [-0.25, -0.2) is 0 Å². The molecule has 1 aromatic heterocycles. The Hall–Kier alpha value is -2.22. The van der Waals surface area contributed by atoms with Gasteiger partial charge in [0.2, 0.25) is 0 Å². The van der Waals surface area contributed by atoms with Crippen molar-refractivity contribution in [2.75, 3.05) is 0 Å². The molecule has 90 valence electrons. The minimum atomic E-state index is -0.359. The number of carbonyl (C=O) groups is 2. The van der Waals surface area contributed by atoms with Crippen molar-refractivity contribution >= 4 is 11.8 Å². The molecule has 1 fully saturated rings. The van der Waals surface area contributed by atoms with E-state index in [1.165, 1.54) is 11.1 Å². The van der Waals surface area contributed by atoms with Crippen LogP contribution in [0.2, 0.25) is 0 Å². The highest BCUT2D eigenvalue weighted by molar-refractivity contribution is 6.20. The maximum absolute atomic E-state index is 12.2. The molecular formula is C13H11N3O2. The predicted molar refractivity (Wildman–Crippen MR) is 61.5 cm³/mol. The summed E-state index contributed by atoms with van der Waals surface area (Å²) in [5.41, 5.74) is 0.567. The Morgan fingerprint density at radius 1 is 1.33 bits per heavy atom. The number of hydrogen-bond donors (Lipinski definition) is 0. The maximum Gasteiger partial charge on any atom is 0.280 e. The van der Waals surface area contributed by atoms with Gasteiger partial charge >= 0.3 is 0 Å². The smallest absolute Gasteiger partial charge is 0.268 e. The Bertz CT molecular complexity index is 541. The molecule has 1 aliphatic carbocycles. The molecule has 1 saturated carbocycles. The zero-order valence-corrected chi connectivity index (χ0v) is 9.67. The third-order valence-corrected chi connectivity index (χ3v) is 3.66. The summed E-state index contributed by atoms with van der Waals surface area (Å²) in [5, 5.41) is 9.07. The lowest BCUT2D eigenvalue weighted by molar-refractivity contribution is 0.0565. The molecular weight excluding hydrogens is 230 g/mol. The molecule has 0 spiro atoms.